The van der Waals surface area contributed by atoms with Crippen molar-refractivity contribution in [1.29, 1.82) is 0 Å². The monoisotopic (exact) mass is 344 g/mol. The number of hydrogen-bond donors (Lipinski definition) is 2. The summed E-state index contributed by atoms with van der Waals surface area (Å²) in [6.45, 7) is 1.83. The van der Waals surface area contributed by atoms with Crippen molar-refractivity contribution in [1.82, 2.24) is 10.2 Å². The predicted octanol–water partition coefficient (Wildman–Crippen LogP) is 2.60. The fourth-order valence-electron chi connectivity index (χ4n) is 2.19. The molecular formula is C16H13ClN4O3. The highest BCUT2D eigenvalue weighted by Crippen LogP contribution is 2.20. The SMILES string of the molecule is Cc1cc(=O)oc2cc(NC(=O)CNc3ccc(Cl)nn3)ccc12. The van der Waals surface area contributed by atoms with Gasteiger partial charge in [-0.1, -0.05) is 11.6 Å². The van der Waals surface area contributed by atoms with Crippen molar-refractivity contribution in [2.24, 2.45) is 0 Å². The van der Waals surface area contributed by atoms with E-state index in [0.717, 1.165) is 10.9 Å². The number of carbonyl (C=O) groups is 1. The number of aromatic nitrogens is 2. The van der Waals surface area contributed by atoms with Crippen LogP contribution in [0.15, 0.2) is 45.6 Å². The zero-order chi connectivity index (χ0) is 17.1. The van der Waals surface area contributed by atoms with E-state index in [-0.39, 0.29) is 17.6 Å². The first-order valence-corrected chi connectivity index (χ1v) is 7.46. The van der Waals surface area contributed by atoms with E-state index in [0.29, 0.717) is 17.1 Å². The maximum Gasteiger partial charge on any atom is 0.336 e. The van der Waals surface area contributed by atoms with E-state index in [4.69, 9.17) is 16.0 Å². The minimum Gasteiger partial charge on any atom is -0.423 e. The van der Waals surface area contributed by atoms with Gasteiger partial charge in [0.15, 0.2) is 5.15 Å². The van der Waals surface area contributed by atoms with Crippen LogP contribution in [0.2, 0.25) is 5.15 Å². The number of halogens is 1. The molecule has 8 heteroatoms. The third-order valence-corrected chi connectivity index (χ3v) is 3.50. The summed E-state index contributed by atoms with van der Waals surface area (Å²) in [4.78, 5) is 23.4. The number of carbonyl (C=O) groups excluding carboxylic acids is 1. The highest BCUT2D eigenvalue weighted by Gasteiger charge is 2.07. The second-order valence-corrected chi connectivity index (χ2v) is 5.49. The second kappa shape index (κ2) is 6.67. The molecule has 0 saturated heterocycles. The van der Waals surface area contributed by atoms with Crippen LogP contribution in [-0.2, 0) is 4.79 Å². The van der Waals surface area contributed by atoms with Crippen molar-refractivity contribution in [3.8, 4) is 0 Å². The van der Waals surface area contributed by atoms with Crippen molar-refractivity contribution in [2.75, 3.05) is 17.2 Å². The first kappa shape index (κ1) is 15.9. The van der Waals surface area contributed by atoms with Gasteiger partial charge in [-0.2, -0.15) is 0 Å². The zero-order valence-electron chi connectivity index (χ0n) is 12.7. The highest BCUT2D eigenvalue weighted by atomic mass is 35.5. The molecule has 0 aliphatic rings. The molecule has 7 nitrogen and oxygen atoms in total. The number of amides is 1. The lowest BCUT2D eigenvalue weighted by atomic mass is 10.1. The summed E-state index contributed by atoms with van der Waals surface area (Å²) >= 11 is 5.64. The molecule has 0 fully saturated rings. The summed E-state index contributed by atoms with van der Waals surface area (Å²) in [5, 5.41) is 14.1. The molecule has 0 atom stereocenters. The zero-order valence-corrected chi connectivity index (χ0v) is 13.4. The fraction of sp³-hybridized carbons (Fsp3) is 0.125. The van der Waals surface area contributed by atoms with Crippen molar-refractivity contribution < 1.29 is 9.21 Å². The van der Waals surface area contributed by atoms with Crippen LogP contribution in [0.4, 0.5) is 11.5 Å². The molecule has 1 amide bonds. The number of anilines is 2. The molecule has 1 aromatic carbocycles. The lowest BCUT2D eigenvalue weighted by molar-refractivity contribution is -0.114. The van der Waals surface area contributed by atoms with E-state index < -0.39 is 5.63 Å². The summed E-state index contributed by atoms with van der Waals surface area (Å²) in [6.07, 6.45) is 0. The molecule has 3 rings (SSSR count). The van der Waals surface area contributed by atoms with Gasteiger partial charge in [-0.3, -0.25) is 4.79 Å². The van der Waals surface area contributed by atoms with Crippen LogP contribution < -0.4 is 16.3 Å². The van der Waals surface area contributed by atoms with Crippen LogP contribution in [-0.4, -0.2) is 22.6 Å². The molecule has 2 aromatic heterocycles. The second-order valence-electron chi connectivity index (χ2n) is 5.10. The van der Waals surface area contributed by atoms with Gasteiger partial charge in [-0.15, -0.1) is 10.2 Å². The van der Waals surface area contributed by atoms with Crippen LogP contribution in [0.5, 0.6) is 0 Å². The van der Waals surface area contributed by atoms with Gasteiger partial charge in [0.05, 0.1) is 6.54 Å². The number of aryl methyl sites for hydroxylation is 1. The number of nitrogens with one attached hydrogen (secondary N) is 2. The molecule has 0 aliphatic heterocycles. The lowest BCUT2D eigenvalue weighted by Gasteiger charge is -2.08. The molecule has 24 heavy (non-hydrogen) atoms. The van der Waals surface area contributed by atoms with E-state index in [2.05, 4.69) is 20.8 Å². The summed E-state index contributed by atoms with van der Waals surface area (Å²) in [7, 11) is 0. The van der Waals surface area contributed by atoms with Crippen molar-refractivity contribution in [3.05, 3.63) is 57.5 Å². The van der Waals surface area contributed by atoms with Crippen LogP contribution in [0.1, 0.15) is 5.56 Å². The Hall–Kier alpha value is -2.93. The van der Waals surface area contributed by atoms with E-state index >= 15 is 0 Å². The summed E-state index contributed by atoms with van der Waals surface area (Å²) in [6, 6.07) is 9.77. The summed E-state index contributed by atoms with van der Waals surface area (Å²) < 4.78 is 5.15. The minimum atomic E-state index is -0.425. The molecular weight excluding hydrogens is 332 g/mol. The predicted molar refractivity (Wildman–Crippen MR) is 91.4 cm³/mol. The molecule has 0 aliphatic carbocycles. The van der Waals surface area contributed by atoms with Crippen LogP contribution >= 0.6 is 11.6 Å². The van der Waals surface area contributed by atoms with Gasteiger partial charge in [-0.25, -0.2) is 4.79 Å². The van der Waals surface area contributed by atoms with Gasteiger partial charge >= 0.3 is 5.63 Å². The molecule has 2 N–H and O–H groups in total. The minimum absolute atomic E-state index is 0.00607. The smallest absolute Gasteiger partial charge is 0.336 e. The Labute approximate surface area is 141 Å². The normalized spacial score (nSPS) is 10.6. The molecule has 122 valence electrons. The molecule has 0 bridgehead atoms. The van der Waals surface area contributed by atoms with Crippen LogP contribution in [0.25, 0.3) is 11.0 Å². The third kappa shape index (κ3) is 3.69. The Balaban J connectivity index is 1.69. The van der Waals surface area contributed by atoms with Crippen LogP contribution in [0, 0.1) is 6.92 Å². The lowest BCUT2D eigenvalue weighted by Crippen LogP contribution is -2.22. The quantitative estimate of drug-likeness (QED) is 0.706. The van der Waals surface area contributed by atoms with E-state index in [1.165, 1.54) is 6.07 Å². The largest absolute Gasteiger partial charge is 0.423 e. The summed E-state index contributed by atoms with van der Waals surface area (Å²) in [5.74, 6) is 0.163. The topological polar surface area (TPSA) is 97.1 Å². The molecule has 0 radical (unpaired) electrons. The van der Waals surface area contributed by atoms with Crippen LogP contribution in [0.3, 0.4) is 0 Å². The number of fused-ring (bicyclic) bond motifs is 1. The number of hydrogen-bond acceptors (Lipinski definition) is 6. The molecule has 2 heterocycles. The van der Waals surface area contributed by atoms with E-state index in [9.17, 15) is 9.59 Å². The number of rotatable bonds is 4. The average Bonchev–Trinajstić information content (AvgIpc) is 2.54. The molecule has 0 spiro atoms. The van der Waals surface area contributed by atoms with Crippen molar-refractivity contribution >= 4 is 40.0 Å². The van der Waals surface area contributed by atoms with Gasteiger partial charge in [0.2, 0.25) is 5.91 Å². The molecule has 3 aromatic rings. The molecule has 0 saturated carbocycles. The Bertz CT molecular complexity index is 954. The maximum atomic E-state index is 12.0. The van der Waals surface area contributed by atoms with Crippen molar-refractivity contribution in [3.63, 3.8) is 0 Å². The Morgan fingerprint density at radius 2 is 2.04 bits per heavy atom. The van der Waals surface area contributed by atoms with Gasteiger partial charge in [0, 0.05) is 23.2 Å². The molecule has 0 unspecified atom stereocenters. The Morgan fingerprint density at radius 3 is 2.79 bits per heavy atom. The standard InChI is InChI=1S/C16H13ClN4O3/c1-9-6-16(23)24-12-7-10(2-3-11(9)12)19-15(22)8-18-14-5-4-13(17)20-21-14/h2-7H,8H2,1H3,(H,18,21)(H,19,22). The van der Waals surface area contributed by atoms with Gasteiger partial charge in [0.1, 0.15) is 11.4 Å². The number of benzene rings is 1. The average molecular weight is 345 g/mol. The fourth-order valence-corrected chi connectivity index (χ4v) is 2.29. The van der Waals surface area contributed by atoms with E-state index in [1.807, 2.05) is 6.92 Å². The Kier molecular flexibility index (Phi) is 4.43. The highest BCUT2D eigenvalue weighted by molar-refractivity contribution is 6.29. The number of nitrogens with zero attached hydrogens (tertiary/aromatic N) is 2. The maximum absolute atomic E-state index is 12.0. The van der Waals surface area contributed by atoms with Crippen molar-refractivity contribution in [2.45, 2.75) is 6.92 Å². The van der Waals surface area contributed by atoms with Gasteiger partial charge < -0.3 is 15.1 Å². The third-order valence-electron chi connectivity index (χ3n) is 3.30. The Morgan fingerprint density at radius 1 is 1.21 bits per heavy atom. The first-order valence-electron chi connectivity index (χ1n) is 7.09. The first-order chi connectivity index (χ1) is 11.5. The van der Waals surface area contributed by atoms with Gasteiger partial charge in [0.25, 0.3) is 0 Å². The summed E-state index contributed by atoms with van der Waals surface area (Å²) in [5.41, 5.74) is 1.35. The van der Waals surface area contributed by atoms with E-state index in [1.54, 1.807) is 30.3 Å². The van der Waals surface area contributed by atoms with Gasteiger partial charge in [-0.05, 0) is 36.8 Å².